The minimum absolute atomic E-state index is 0.405. The molecule has 1 N–H and O–H groups in total. The van der Waals surface area contributed by atoms with Crippen molar-refractivity contribution in [3.05, 3.63) is 23.5 Å². The molecule has 2 aromatic heterocycles. The van der Waals surface area contributed by atoms with Crippen molar-refractivity contribution in [2.24, 2.45) is 0 Å². The molecule has 0 radical (unpaired) electrons. The Morgan fingerprint density at radius 1 is 0.885 bits per heavy atom. The molecule has 0 spiro atoms. The second-order valence-corrected chi connectivity index (χ2v) is 6.09. The maximum Gasteiger partial charge on any atom is 0.226 e. The van der Waals surface area contributed by atoms with E-state index in [9.17, 15) is 0 Å². The van der Waals surface area contributed by atoms with Crippen LogP contribution in [0.1, 0.15) is 51.9 Å². The quantitative estimate of drug-likeness (QED) is 0.721. The Balaban J connectivity index is 2.56. The van der Waals surface area contributed by atoms with E-state index in [1.54, 1.807) is 14.2 Å². The van der Waals surface area contributed by atoms with Gasteiger partial charge in [0.25, 0.3) is 0 Å². The van der Waals surface area contributed by atoms with Crippen molar-refractivity contribution >= 4 is 5.82 Å². The highest BCUT2D eigenvalue weighted by atomic mass is 16.5. The predicted octanol–water partition coefficient (Wildman–Crippen LogP) is 4.28. The van der Waals surface area contributed by atoms with E-state index in [0.29, 0.717) is 17.8 Å². The van der Waals surface area contributed by atoms with Gasteiger partial charge in [-0.05, 0) is 31.7 Å². The van der Waals surface area contributed by atoms with E-state index in [0.717, 1.165) is 54.1 Å². The summed E-state index contributed by atoms with van der Waals surface area (Å²) in [7, 11) is 3.19. The summed E-state index contributed by atoms with van der Waals surface area (Å²) < 4.78 is 10.7. The first kappa shape index (κ1) is 19.9. The van der Waals surface area contributed by atoms with Crippen LogP contribution in [0.4, 0.5) is 5.82 Å². The van der Waals surface area contributed by atoms with E-state index < -0.39 is 0 Å². The van der Waals surface area contributed by atoms with Crippen LogP contribution in [-0.4, -0.2) is 35.2 Å². The molecule has 142 valence electrons. The van der Waals surface area contributed by atoms with Gasteiger partial charge in [-0.15, -0.1) is 0 Å². The van der Waals surface area contributed by atoms with Crippen LogP contribution in [0.3, 0.4) is 0 Å². The highest BCUT2D eigenvalue weighted by Gasteiger charge is 2.19. The molecule has 0 bridgehead atoms. The minimum atomic E-state index is 0.405. The number of methoxy groups -OCH3 is 2. The Hall–Kier alpha value is -2.37. The molecular weight excluding hydrogens is 328 g/mol. The molecule has 26 heavy (non-hydrogen) atoms. The Morgan fingerprint density at radius 2 is 1.58 bits per heavy atom. The first-order valence-corrected chi connectivity index (χ1v) is 9.37. The topological polar surface area (TPSA) is 69.2 Å². The minimum Gasteiger partial charge on any atom is -0.481 e. The van der Waals surface area contributed by atoms with Crippen LogP contribution in [0.15, 0.2) is 12.1 Å². The highest BCUT2D eigenvalue weighted by molar-refractivity contribution is 5.69. The SMILES string of the molecule is CCc1nc(-c2ccc(OC)nc2OC)c(CC)nc1NC(CC)CC. The zero-order valence-corrected chi connectivity index (χ0v) is 16.7. The van der Waals surface area contributed by atoms with Crippen LogP contribution in [0, 0.1) is 0 Å². The molecule has 0 aromatic carbocycles. The molecule has 0 atom stereocenters. The van der Waals surface area contributed by atoms with Gasteiger partial charge in [0.15, 0.2) is 0 Å². The number of nitrogens with zero attached hydrogens (tertiary/aromatic N) is 3. The number of nitrogens with one attached hydrogen (secondary N) is 1. The molecule has 0 amide bonds. The van der Waals surface area contributed by atoms with Crippen molar-refractivity contribution in [1.82, 2.24) is 15.0 Å². The Bertz CT molecular complexity index is 730. The molecule has 2 heterocycles. The molecule has 0 saturated carbocycles. The number of hydrogen-bond donors (Lipinski definition) is 1. The molecule has 2 aromatic rings. The van der Waals surface area contributed by atoms with Crippen LogP contribution >= 0.6 is 0 Å². The Morgan fingerprint density at radius 3 is 2.12 bits per heavy atom. The van der Waals surface area contributed by atoms with Gasteiger partial charge in [-0.2, -0.15) is 4.98 Å². The van der Waals surface area contributed by atoms with Gasteiger partial charge in [0, 0.05) is 12.1 Å². The van der Waals surface area contributed by atoms with E-state index >= 15 is 0 Å². The summed E-state index contributed by atoms with van der Waals surface area (Å²) in [6.45, 7) is 8.55. The summed E-state index contributed by atoms with van der Waals surface area (Å²) in [5, 5.41) is 3.56. The standard InChI is InChI=1S/C20H30N4O2/c1-7-13(8-2)21-19-16(10-4)22-18(15(9-3)23-19)14-11-12-17(25-5)24-20(14)26-6/h11-13H,7-10H2,1-6H3,(H,21,23). The van der Waals surface area contributed by atoms with E-state index in [1.165, 1.54) is 0 Å². The number of aryl methyl sites for hydroxylation is 2. The highest BCUT2D eigenvalue weighted by Crippen LogP contribution is 2.32. The fourth-order valence-electron chi connectivity index (χ4n) is 2.89. The van der Waals surface area contributed by atoms with Gasteiger partial charge < -0.3 is 14.8 Å². The molecular formula is C20H30N4O2. The third-order valence-electron chi connectivity index (χ3n) is 4.53. The van der Waals surface area contributed by atoms with Crippen LogP contribution in [0.25, 0.3) is 11.3 Å². The zero-order chi connectivity index (χ0) is 19.1. The van der Waals surface area contributed by atoms with Gasteiger partial charge in [0.1, 0.15) is 5.82 Å². The van der Waals surface area contributed by atoms with Crippen molar-refractivity contribution < 1.29 is 9.47 Å². The van der Waals surface area contributed by atoms with Gasteiger partial charge >= 0.3 is 0 Å². The number of aromatic nitrogens is 3. The average molecular weight is 358 g/mol. The second-order valence-electron chi connectivity index (χ2n) is 6.09. The summed E-state index contributed by atoms with van der Waals surface area (Å²) in [5.74, 6) is 1.90. The van der Waals surface area contributed by atoms with Crippen LogP contribution in [-0.2, 0) is 12.8 Å². The summed E-state index contributed by atoms with van der Waals surface area (Å²) in [4.78, 5) is 14.2. The number of rotatable bonds is 9. The first-order chi connectivity index (χ1) is 12.6. The number of ether oxygens (including phenoxy) is 2. The van der Waals surface area contributed by atoms with Crippen LogP contribution in [0.5, 0.6) is 11.8 Å². The molecule has 0 unspecified atom stereocenters. The summed E-state index contributed by atoms with van der Waals surface area (Å²) in [6, 6.07) is 4.16. The number of pyridine rings is 1. The molecule has 0 saturated heterocycles. The van der Waals surface area contributed by atoms with Crippen LogP contribution in [0.2, 0.25) is 0 Å². The van der Waals surface area contributed by atoms with Crippen molar-refractivity contribution in [3.8, 4) is 23.0 Å². The molecule has 0 aliphatic rings. The molecule has 2 rings (SSSR count). The number of hydrogen-bond acceptors (Lipinski definition) is 6. The maximum atomic E-state index is 5.47. The molecule has 6 heteroatoms. The Labute approximate surface area is 156 Å². The lowest BCUT2D eigenvalue weighted by molar-refractivity contribution is 0.365. The molecule has 6 nitrogen and oxygen atoms in total. The summed E-state index contributed by atoms with van der Waals surface area (Å²) >= 11 is 0. The van der Waals surface area contributed by atoms with Crippen molar-refractivity contribution in [2.45, 2.75) is 59.4 Å². The fourth-order valence-corrected chi connectivity index (χ4v) is 2.89. The maximum absolute atomic E-state index is 5.47. The molecule has 0 aliphatic carbocycles. The molecule has 0 aliphatic heterocycles. The lowest BCUT2D eigenvalue weighted by atomic mass is 10.1. The second kappa shape index (κ2) is 9.36. The van der Waals surface area contributed by atoms with Gasteiger partial charge in [-0.25, -0.2) is 9.97 Å². The normalized spacial score (nSPS) is 10.9. The van der Waals surface area contributed by atoms with Gasteiger partial charge in [0.2, 0.25) is 11.8 Å². The fraction of sp³-hybridized carbons (Fsp3) is 0.550. The van der Waals surface area contributed by atoms with Gasteiger partial charge in [-0.1, -0.05) is 27.7 Å². The smallest absolute Gasteiger partial charge is 0.226 e. The summed E-state index contributed by atoms with van der Waals surface area (Å²) in [5.41, 5.74) is 3.55. The van der Waals surface area contributed by atoms with E-state index in [4.69, 9.17) is 19.4 Å². The first-order valence-electron chi connectivity index (χ1n) is 9.37. The lowest BCUT2D eigenvalue weighted by Crippen LogP contribution is -2.20. The lowest BCUT2D eigenvalue weighted by Gasteiger charge is -2.20. The van der Waals surface area contributed by atoms with Gasteiger partial charge in [0.05, 0.1) is 36.9 Å². The molecule has 0 fully saturated rings. The van der Waals surface area contributed by atoms with Crippen molar-refractivity contribution in [3.63, 3.8) is 0 Å². The third kappa shape index (κ3) is 4.23. The van der Waals surface area contributed by atoms with Crippen molar-refractivity contribution in [2.75, 3.05) is 19.5 Å². The average Bonchev–Trinajstić information content (AvgIpc) is 2.70. The Kier molecular flexibility index (Phi) is 7.18. The predicted molar refractivity (Wildman–Crippen MR) is 105 cm³/mol. The van der Waals surface area contributed by atoms with E-state index in [2.05, 4.69) is 38.0 Å². The van der Waals surface area contributed by atoms with Crippen molar-refractivity contribution in [1.29, 1.82) is 0 Å². The largest absolute Gasteiger partial charge is 0.481 e. The van der Waals surface area contributed by atoms with Gasteiger partial charge in [-0.3, -0.25) is 0 Å². The van der Waals surface area contributed by atoms with E-state index in [-0.39, 0.29) is 0 Å². The van der Waals surface area contributed by atoms with Crippen LogP contribution < -0.4 is 14.8 Å². The summed E-state index contributed by atoms with van der Waals surface area (Å²) in [6.07, 6.45) is 3.69. The zero-order valence-electron chi connectivity index (χ0n) is 16.7. The number of anilines is 1. The van der Waals surface area contributed by atoms with E-state index in [1.807, 2.05) is 12.1 Å². The third-order valence-corrected chi connectivity index (χ3v) is 4.53. The monoisotopic (exact) mass is 358 g/mol.